The van der Waals surface area contributed by atoms with E-state index in [-0.39, 0.29) is 0 Å². The van der Waals surface area contributed by atoms with Crippen LogP contribution in [-0.2, 0) is 19.3 Å². The number of hydrogen-bond donors (Lipinski definition) is 1. The summed E-state index contributed by atoms with van der Waals surface area (Å²) in [6.07, 6.45) is 9.66. The molecule has 1 fully saturated rings. The van der Waals surface area contributed by atoms with Crippen LogP contribution in [0, 0.1) is 16.7 Å². The smallest absolute Gasteiger partial charge is 0.135 e. The van der Waals surface area contributed by atoms with Crippen LogP contribution in [0.5, 0.6) is 0 Å². The molecule has 5 heteroatoms. The molecule has 4 rings (SSSR count). The second-order valence-electron chi connectivity index (χ2n) is 10.5. The first-order valence-electron chi connectivity index (χ1n) is 12.8. The third kappa shape index (κ3) is 4.71. The van der Waals surface area contributed by atoms with Crippen molar-refractivity contribution in [2.75, 3.05) is 23.7 Å². The number of hydrogen-bond acceptors (Lipinski definition) is 5. The van der Waals surface area contributed by atoms with E-state index in [0.29, 0.717) is 29.0 Å². The van der Waals surface area contributed by atoms with Crippen LogP contribution in [0.2, 0.25) is 0 Å². The van der Waals surface area contributed by atoms with E-state index in [0.717, 1.165) is 61.7 Å². The molecule has 0 saturated carbocycles. The molecule has 2 heterocycles. The van der Waals surface area contributed by atoms with Crippen LogP contribution >= 0.6 is 0 Å². The van der Waals surface area contributed by atoms with Crippen LogP contribution in [0.1, 0.15) is 106 Å². The van der Waals surface area contributed by atoms with Crippen molar-refractivity contribution in [2.24, 2.45) is 5.41 Å². The Labute approximate surface area is 199 Å². The van der Waals surface area contributed by atoms with Crippen LogP contribution in [0.15, 0.2) is 12.1 Å². The van der Waals surface area contributed by atoms with Gasteiger partial charge in [-0.05, 0) is 48.8 Å². The molecule has 176 valence electrons. The summed E-state index contributed by atoms with van der Waals surface area (Å²) in [5.74, 6) is 2.45. The highest BCUT2D eigenvalue weighted by molar-refractivity contribution is 5.62. The number of nitriles is 1. The van der Waals surface area contributed by atoms with Gasteiger partial charge >= 0.3 is 0 Å². The Morgan fingerprint density at radius 3 is 2.64 bits per heavy atom. The molecular formula is C28H39N5. The number of aromatic nitrogens is 2. The molecule has 0 radical (unpaired) electrons. The van der Waals surface area contributed by atoms with Crippen LogP contribution in [0.25, 0.3) is 0 Å². The quantitative estimate of drug-likeness (QED) is 0.590. The van der Waals surface area contributed by atoms with Gasteiger partial charge in [0.2, 0.25) is 0 Å². The average molecular weight is 446 g/mol. The fourth-order valence-electron chi connectivity index (χ4n) is 5.89. The fourth-order valence-corrected chi connectivity index (χ4v) is 5.89. The molecule has 2 aromatic rings. The number of fused-ring (bicyclic) bond motifs is 2. The van der Waals surface area contributed by atoms with Crippen molar-refractivity contribution in [3.63, 3.8) is 0 Å². The number of nitrogens with two attached hydrogens (primary N) is 1. The Morgan fingerprint density at radius 1 is 1.15 bits per heavy atom. The normalized spacial score (nSPS) is 20.1. The predicted molar refractivity (Wildman–Crippen MR) is 136 cm³/mol. The molecule has 0 amide bonds. The van der Waals surface area contributed by atoms with Gasteiger partial charge < -0.3 is 10.6 Å². The highest BCUT2D eigenvalue weighted by Crippen LogP contribution is 2.40. The maximum Gasteiger partial charge on any atom is 0.135 e. The molecule has 2 N–H and O–H groups in total. The van der Waals surface area contributed by atoms with Crippen molar-refractivity contribution in [1.82, 2.24) is 9.97 Å². The summed E-state index contributed by atoms with van der Waals surface area (Å²) in [5, 5.41) is 9.98. The summed E-state index contributed by atoms with van der Waals surface area (Å²) in [4.78, 5) is 12.6. The van der Waals surface area contributed by atoms with Gasteiger partial charge in [-0.1, -0.05) is 53.0 Å². The first-order valence-corrected chi connectivity index (χ1v) is 12.8. The van der Waals surface area contributed by atoms with Crippen molar-refractivity contribution in [2.45, 2.75) is 91.4 Å². The molecular weight excluding hydrogens is 406 g/mol. The predicted octanol–water partition coefficient (Wildman–Crippen LogP) is 5.93. The first kappa shape index (κ1) is 23.5. The topological polar surface area (TPSA) is 78.8 Å². The number of aryl methyl sites for hydroxylation is 1. The van der Waals surface area contributed by atoms with Crippen molar-refractivity contribution in [1.29, 1.82) is 5.26 Å². The molecule has 33 heavy (non-hydrogen) atoms. The standard InChI is InChI=1S/C28H39N5/c1-5-14-28(4)17-33(18-28)27-21-11-9-7-8-10-19(3)20-12-13-24(30)23(16-29)22(20)15-25(21)31-26(6-2)32-27/h12-13,19H,5-11,14-15,17-18,30H2,1-4H3. The molecule has 1 aromatic heterocycles. The molecule has 5 nitrogen and oxygen atoms in total. The van der Waals surface area contributed by atoms with E-state index in [9.17, 15) is 5.26 Å². The first-order chi connectivity index (χ1) is 15.9. The maximum atomic E-state index is 9.98. The van der Waals surface area contributed by atoms with Gasteiger partial charge in [0.1, 0.15) is 17.7 Å². The van der Waals surface area contributed by atoms with Gasteiger partial charge in [0.25, 0.3) is 0 Å². The van der Waals surface area contributed by atoms with Gasteiger partial charge in [0.05, 0.1) is 11.3 Å². The van der Waals surface area contributed by atoms with Gasteiger partial charge in [0.15, 0.2) is 0 Å². The van der Waals surface area contributed by atoms with Crippen molar-refractivity contribution in [3.05, 3.63) is 45.9 Å². The van der Waals surface area contributed by atoms with Crippen molar-refractivity contribution >= 4 is 11.5 Å². The van der Waals surface area contributed by atoms with Crippen molar-refractivity contribution in [3.8, 4) is 6.07 Å². The van der Waals surface area contributed by atoms with E-state index in [1.165, 1.54) is 36.8 Å². The Morgan fingerprint density at radius 2 is 1.94 bits per heavy atom. The maximum absolute atomic E-state index is 9.98. The second kappa shape index (κ2) is 9.71. The molecule has 0 spiro atoms. The fraction of sp³-hybridized carbons (Fsp3) is 0.607. The summed E-state index contributed by atoms with van der Waals surface area (Å²) in [7, 11) is 0. The van der Waals surface area contributed by atoms with E-state index >= 15 is 0 Å². The van der Waals surface area contributed by atoms with Gasteiger partial charge in [0, 0.05) is 42.6 Å². The second-order valence-corrected chi connectivity index (χ2v) is 10.5. The third-order valence-corrected chi connectivity index (χ3v) is 7.66. The number of anilines is 2. The van der Waals surface area contributed by atoms with E-state index in [4.69, 9.17) is 15.7 Å². The Hall–Kier alpha value is -2.61. The van der Waals surface area contributed by atoms with Gasteiger partial charge in [-0.25, -0.2) is 9.97 Å². The van der Waals surface area contributed by atoms with Gasteiger partial charge in [-0.15, -0.1) is 0 Å². The highest BCUT2D eigenvalue weighted by atomic mass is 15.3. The minimum Gasteiger partial charge on any atom is -0.398 e. The lowest BCUT2D eigenvalue weighted by Gasteiger charge is -2.49. The number of nitrogen functional groups attached to an aromatic ring is 1. The molecule has 1 aromatic carbocycles. The van der Waals surface area contributed by atoms with Gasteiger partial charge in [-0.3, -0.25) is 0 Å². The molecule has 1 atom stereocenters. The van der Waals surface area contributed by atoms with Gasteiger partial charge in [-0.2, -0.15) is 5.26 Å². The molecule has 1 aliphatic carbocycles. The summed E-state index contributed by atoms with van der Waals surface area (Å²) in [6.45, 7) is 11.2. The Balaban J connectivity index is 1.83. The van der Waals surface area contributed by atoms with E-state index in [2.05, 4.69) is 44.7 Å². The molecule has 2 aliphatic rings. The summed E-state index contributed by atoms with van der Waals surface area (Å²) < 4.78 is 0. The highest BCUT2D eigenvalue weighted by Gasteiger charge is 2.40. The number of benzene rings is 1. The zero-order chi connectivity index (χ0) is 23.6. The molecule has 0 bridgehead atoms. The minimum atomic E-state index is 0.386. The minimum absolute atomic E-state index is 0.386. The zero-order valence-electron chi connectivity index (χ0n) is 20.9. The largest absolute Gasteiger partial charge is 0.398 e. The van der Waals surface area contributed by atoms with Crippen LogP contribution in [-0.4, -0.2) is 23.1 Å². The Bertz CT molecular complexity index is 1050. The Kier molecular flexibility index (Phi) is 6.93. The lowest BCUT2D eigenvalue weighted by molar-refractivity contribution is 0.219. The van der Waals surface area contributed by atoms with Crippen LogP contribution in [0.3, 0.4) is 0 Å². The molecule has 1 unspecified atom stereocenters. The zero-order valence-corrected chi connectivity index (χ0v) is 20.9. The van der Waals surface area contributed by atoms with E-state index in [1.54, 1.807) is 0 Å². The lowest BCUT2D eigenvalue weighted by atomic mass is 9.78. The number of rotatable bonds is 4. The summed E-state index contributed by atoms with van der Waals surface area (Å²) >= 11 is 0. The van der Waals surface area contributed by atoms with Crippen molar-refractivity contribution < 1.29 is 0 Å². The van der Waals surface area contributed by atoms with Crippen LogP contribution < -0.4 is 10.6 Å². The lowest BCUT2D eigenvalue weighted by Crippen LogP contribution is -2.55. The monoisotopic (exact) mass is 445 g/mol. The molecule has 1 saturated heterocycles. The summed E-state index contributed by atoms with van der Waals surface area (Å²) in [6, 6.07) is 6.46. The van der Waals surface area contributed by atoms with E-state index < -0.39 is 0 Å². The number of nitrogens with zero attached hydrogens (tertiary/aromatic N) is 4. The van der Waals surface area contributed by atoms with Crippen LogP contribution in [0.4, 0.5) is 11.5 Å². The third-order valence-electron chi connectivity index (χ3n) is 7.66. The SMILES string of the molecule is CCCC1(C)CN(c2nc(CC)nc3c2CCCCCC(C)c2ccc(N)c(C#N)c2C3)C1. The summed E-state index contributed by atoms with van der Waals surface area (Å²) in [5.41, 5.74) is 12.6. The molecule has 1 aliphatic heterocycles. The average Bonchev–Trinajstić information content (AvgIpc) is 2.80. The van der Waals surface area contributed by atoms with E-state index in [1.807, 2.05) is 6.07 Å².